The van der Waals surface area contributed by atoms with Gasteiger partial charge in [-0.3, -0.25) is 4.79 Å². The molecule has 0 saturated carbocycles. The van der Waals surface area contributed by atoms with E-state index in [2.05, 4.69) is 27.1 Å². The standard InChI is InChI=1S/C12H19ClN4O/c1-9-2-5-17(6-3-9)7-4-14-11-10(13)12(18)16-8-15-11/h8-9H,2-7H2,1H3,(H2,14,15,16,18). The van der Waals surface area contributed by atoms with Crippen molar-refractivity contribution in [1.82, 2.24) is 14.9 Å². The number of nitrogens with zero attached hydrogens (tertiary/aromatic N) is 2. The molecule has 0 bridgehead atoms. The zero-order chi connectivity index (χ0) is 13.0. The molecule has 1 aliphatic rings. The van der Waals surface area contributed by atoms with Crippen LogP contribution in [0.1, 0.15) is 19.8 Å². The molecule has 0 aromatic carbocycles. The lowest BCUT2D eigenvalue weighted by Gasteiger charge is -2.30. The van der Waals surface area contributed by atoms with Crippen LogP contribution in [-0.2, 0) is 0 Å². The van der Waals surface area contributed by atoms with Crippen molar-refractivity contribution in [1.29, 1.82) is 0 Å². The summed E-state index contributed by atoms with van der Waals surface area (Å²) in [7, 11) is 0. The molecule has 100 valence electrons. The Labute approximate surface area is 112 Å². The quantitative estimate of drug-likeness (QED) is 0.872. The van der Waals surface area contributed by atoms with Crippen molar-refractivity contribution < 1.29 is 0 Å². The minimum absolute atomic E-state index is 0.129. The van der Waals surface area contributed by atoms with E-state index in [0.29, 0.717) is 5.82 Å². The molecular weight excluding hydrogens is 252 g/mol. The Hall–Kier alpha value is -1.07. The summed E-state index contributed by atoms with van der Waals surface area (Å²) in [5.41, 5.74) is -0.305. The Morgan fingerprint density at radius 2 is 2.28 bits per heavy atom. The van der Waals surface area contributed by atoms with Crippen LogP contribution in [0.15, 0.2) is 11.1 Å². The molecule has 2 rings (SSSR count). The van der Waals surface area contributed by atoms with Gasteiger partial charge >= 0.3 is 0 Å². The van der Waals surface area contributed by atoms with Crippen molar-refractivity contribution in [2.75, 3.05) is 31.5 Å². The van der Waals surface area contributed by atoms with Crippen LogP contribution in [0.5, 0.6) is 0 Å². The number of aromatic amines is 1. The Morgan fingerprint density at radius 3 is 3.00 bits per heavy atom. The molecule has 1 fully saturated rings. The van der Waals surface area contributed by atoms with E-state index in [1.807, 2.05) is 0 Å². The second-order valence-electron chi connectivity index (χ2n) is 4.85. The highest BCUT2D eigenvalue weighted by Crippen LogP contribution is 2.16. The second-order valence-corrected chi connectivity index (χ2v) is 5.22. The van der Waals surface area contributed by atoms with Crippen molar-refractivity contribution >= 4 is 17.4 Å². The van der Waals surface area contributed by atoms with Crippen LogP contribution in [0.2, 0.25) is 5.02 Å². The number of likely N-dealkylation sites (tertiary alicyclic amines) is 1. The highest BCUT2D eigenvalue weighted by molar-refractivity contribution is 6.32. The van der Waals surface area contributed by atoms with Gasteiger partial charge in [-0.15, -0.1) is 0 Å². The van der Waals surface area contributed by atoms with Crippen LogP contribution >= 0.6 is 11.6 Å². The number of rotatable bonds is 4. The number of hydrogen-bond acceptors (Lipinski definition) is 4. The predicted octanol–water partition coefficient (Wildman–Crippen LogP) is 1.57. The summed E-state index contributed by atoms with van der Waals surface area (Å²) in [5, 5.41) is 3.24. The van der Waals surface area contributed by atoms with E-state index in [-0.39, 0.29) is 10.6 Å². The smallest absolute Gasteiger partial charge is 0.271 e. The predicted molar refractivity (Wildman–Crippen MR) is 73.2 cm³/mol. The summed E-state index contributed by atoms with van der Waals surface area (Å²) in [6, 6.07) is 0. The topological polar surface area (TPSA) is 61.0 Å². The third kappa shape index (κ3) is 3.46. The van der Waals surface area contributed by atoms with Gasteiger partial charge in [0.2, 0.25) is 0 Å². The zero-order valence-electron chi connectivity index (χ0n) is 10.6. The molecule has 5 nitrogen and oxygen atoms in total. The van der Waals surface area contributed by atoms with Crippen molar-refractivity contribution in [2.24, 2.45) is 5.92 Å². The molecule has 0 amide bonds. The van der Waals surface area contributed by atoms with Gasteiger partial charge in [0.1, 0.15) is 5.02 Å². The molecular formula is C12H19ClN4O. The monoisotopic (exact) mass is 270 g/mol. The largest absolute Gasteiger partial charge is 0.367 e. The molecule has 18 heavy (non-hydrogen) atoms. The van der Waals surface area contributed by atoms with Crippen LogP contribution < -0.4 is 10.9 Å². The van der Waals surface area contributed by atoms with Crippen molar-refractivity contribution in [2.45, 2.75) is 19.8 Å². The Kier molecular flexibility index (Phi) is 4.60. The number of hydrogen-bond donors (Lipinski definition) is 2. The lowest BCUT2D eigenvalue weighted by atomic mass is 9.99. The van der Waals surface area contributed by atoms with E-state index in [9.17, 15) is 4.79 Å². The van der Waals surface area contributed by atoms with Gasteiger partial charge in [0.15, 0.2) is 5.82 Å². The summed E-state index contributed by atoms with van der Waals surface area (Å²) >= 11 is 5.85. The number of piperidine rings is 1. The number of anilines is 1. The van der Waals surface area contributed by atoms with Gasteiger partial charge in [-0.1, -0.05) is 18.5 Å². The van der Waals surface area contributed by atoms with E-state index in [1.165, 1.54) is 19.2 Å². The van der Waals surface area contributed by atoms with Crippen molar-refractivity contribution in [3.05, 3.63) is 21.7 Å². The first-order valence-electron chi connectivity index (χ1n) is 6.36. The number of H-pyrrole nitrogens is 1. The Balaban J connectivity index is 1.78. The fourth-order valence-electron chi connectivity index (χ4n) is 2.12. The molecule has 0 spiro atoms. The normalized spacial score (nSPS) is 17.9. The first-order chi connectivity index (χ1) is 8.66. The number of aromatic nitrogens is 2. The van der Waals surface area contributed by atoms with E-state index in [4.69, 9.17) is 11.6 Å². The first kappa shape index (κ1) is 13.4. The second kappa shape index (κ2) is 6.20. The highest BCUT2D eigenvalue weighted by atomic mass is 35.5. The molecule has 1 aliphatic heterocycles. The fourth-order valence-corrected chi connectivity index (χ4v) is 2.29. The molecule has 1 saturated heterocycles. The van der Waals surface area contributed by atoms with Crippen molar-refractivity contribution in [3.63, 3.8) is 0 Å². The highest BCUT2D eigenvalue weighted by Gasteiger charge is 2.15. The third-order valence-corrected chi connectivity index (χ3v) is 3.74. The maximum Gasteiger partial charge on any atom is 0.271 e. The average Bonchev–Trinajstić information content (AvgIpc) is 2.37. The maximum atomic E-state index is 11.3. The minimum Gasteiger partial charge on any atom is -0.367 e. The first-order valence-corrected chi connectivity index (χ1v) is 6.74. The minimum atomic E-state index is -0.305. The number of nitrogens with one attached hydrogen (secondary N) is 2. The molecule has 2 heterocycles. The zero-order valence-corrected chi connectivity index (χ0v) is 11.3. The van der Waals surface area contributed by atoms with Gasteiger partial charge in [-0.25, -0.2) is 4.98 Å². The Morgan fingerprint density at radius 1 is 1.56 bits per heavy atom. The maximum absolute atomic E-state index is 11.3. The van der Waals surface area contributed by atoms with E-state index in [0.717, 1.165) is 32.1 Å². The summed E-state index contributed by atoms with van der Waals surface area (Å²) in [6.07, 6.45) is 3.90. The van der Waals surface area contributed by atoms with E-state index >= 15 is 0 Å². The van der Waals surface area contributed by atoms with Crippen LogP contribution in [0.3, 0.4) is 0 Å². The summed E-state index contributed by atoms with van der Waals surface area (Å²) in [4.78, 5) is 20.1. The van der Waals surface area contributed by atoms with Gasteiger partial charge in [0.05, 0.1) is 6.33 Å². The molecule has 6 heteroatoms. The van der Waals surface area contributed by atoms with Crippen LogP contribution in [-0.4, -0.2) is 41.0 Å². The van der Waals surface area contributed by atoms with Crippen LogP contribution in [0.4, 0.5) is 5.82 Å². The summed E-state index contributed by atoms with van der Waals surface area (Å²) < 4.78 is 0. The lowest BCUT2D eigenvalue weighted by Crippen LogP contribution is -2.36. The lowest BCUT2D eigenvalue weighted by molar-refractivity contribution is 0.199. The molecule has 0 radical (unpaired) electrons. The van der Waals surface area contributed by atoms with Crippen molar-refractivity contribution in [3.8, 4) is 0 Å². The molecule has 0 atom stereocenters. The average molecular weight is 271 g/mol. The molecule has 0 unspecified atom stereocenters. The van der Waals surface area contributed by atoms with Gasteiger partial charge in [0.25, 0.3) is 5.56 Å². The van der Waals surface area contributed by atoms with E-state index < -0.39 is 0 Å². The number of halogens is 1. The molecule has 0 aliphatic carbocycles. The van der Waals surface area contributed by atoms with Crippen LogP contribution in [0.25, 0.3) is 0 Å². The van der Waals surface area contributed by atoms with Gasteiger partial charge in [-0.05, 0) is 31.8 Å². The van der Waals surface area contributed by atoms with Gasteiger partial charge in [-0.2, -0.15) is 0 Å². The summed E-state index contributed by atoms with van der Waals surface area (Å²) in [6.45, 7) is 6.32. The molecule has 2 N–H and O–H groups in total. The van der Waals surface area contributed by atoms with E-state index in [1.54, 1.807) is 0 Å². The SMILES string of the molecule is CC1CCN(CCNc2nc[nH]c(=O)c2Cl)CC1. The third-order valence-electron chi connectivity index (χ3n) is 3.39. The molecule has 1 aromatic rings. The van der Waals surface area contributed by atoms with Gasteiger partial charge < -0.3 is 15.2 Å². The summed E-state index contributed by atoms with van der Waals surface area (Å²) in [5.74, 6) is 1.31. The molecule has 1 aromatic heterocycles. The van der Waals surface area contributed by atoms with Gasteiger partial charge in [0, 0.05) is 13.1 Å². The Bertz CT molecular complexity index is 440. The van der Waals surface area contributed by atoms with Crippen LogP contribution in [0, 0.1) is 5.92 Å². The fraction of sp³-hybridized carbons (Fsp3) is 0.667.